The zero-order chi connectivity index (χ0) is 16.9. The van der Waals surface area contributed by atoms with Crippen molar-refractivity contribution in [1.29, 1.82) is 0 Å². The lowest BCUT2D eigenvalue weighted by atomic mass is 9.78. The van der Waals surface area contributed by atoms with Crippen LogP contribution in [-0.2, 0) is 18.5 Å². The number of aryl methyl sites for hydroxylation is 1. The van der Waals surface area contributed by atoms with Crippen LogP contribution in [0.15, 0.2) is 24.5 Å². The molecule has 0 radical (unpaired) electrons. The molecule has 24 heavy (non-hydrogen) atoms. The van der Waals surface area contributed by atoms with Crippen LogP contribution in [0, 0.1) is 0 Å². The Kier molecular flexibility index (Phi) is 3.40. The normalized spacial score (nSPS) is 18.0. The van der Waals surface area contributed by atoms with E-state index in [2.05, 4.69) is 5.10 Å². The molecule has 1 aromatic carbocycles. The molecule has 7 nitrogen and oxygen atoms in total. The van der Waals surface area contributed by atoms with Crippen molar-refractivity contribution in [3.63, 3.8) is 0 Å². The lowest BCUT2D eigenvalue weighted by Crippen LogP contribution is -2.28. The van der Waals surface area contributed by atoms with Gasteiger partial charge in [0.15, 0.2) is 0 Å². The van der Waals surface area contributed by atoms with Crippen LogP contribution >= 0.6 is 0 Å². The van der Waals surface area contributed by atoms with E-state index in [9.17, 15) is 14.9 Å². The van der Waals surface area contributed by atoms with E-state index in [0.717, 1.165) is 24.0 Å². The first kappa shape index (κ1) is 15.2. The van der Waals surface area contributed by atoms with Gasteiger partial charge in [0.1, 0.15) is 11.3 Å². The van der Waals surface area contributed by atoms with E-state index in [-0.39, 0.29) is 16.9 Å². The molecule has 1 aromatic heterocycles. The number of carboxylic acid groups (broad SMARTS) is 1. The third kappa shape index (κ3) is 2.57. The second-order valence-electron chi connectivity index (χ2n) is 6.59. The summed E-state index contributed by atoms with van der Waals surface area (Å²) in [6, 6.07) is 3.65. The standard InChI is InChI=1S/C16H18BN3O4/c18-16(4-5-16)12-7-19-20(9-12)8-11-2-1-10-3-6-17(23)24-14(10)13(11)15(21)22/h1-2,7,9,23H,3-6,8,18H2,(H,21,22). The quantitative estimate of drug-likeness (QED) is 0.723. The maximum absolute atomic E-state index is 11.8. The van der Waals surface area contributed by atoms with Crippen LogP contribution in [0.25, 0.3) is 0 Å². The van der Waals surface area contributed by atoms with Crippen molar-refractivity contribution in [1.82, 2.24) is 9.78 Å². The van der Waals surface area contributed by atoms with Crippen molar-refractivity contribution in [2.75, 3.05) is 0 Å². The summed E-state index contributed by atoms with van der Waals surface area (Å²) in [5.74, 6) is -0.801. The van der Waals surface area contributed by atoms with Gasteiger partial charge in [0, 0.05) is 17.3 Å². The number of rotatable bonds is 4. The second-order valence-corrected chi connectivity index (χ2v) is 6.59. The molecule has 4 rings (SSSR count). The van der Waals surface area contributed by atoms with Gasteiger partial charge < -0.3 is 20.5 Å². The fraction of sp³-hybridized carbons (Fsp3) is 0.375. The molecular weight excluding hydrogens is 309 g/mol. The molecule has 0 bridgehead atoms. The molecule has 8 heteroatoms. The van der Waals surface area contributed by atoms with E-state index in [4.69, 9.17) is 10.4 Å². The molecule has 0 amide bonds. The molecule has 2 heterocycles. The van der Waals surface area contributed by atoms with Crippen LogP contribution in [-0.4, -0.2) is 33.0 Å². The van der Waals surface area contributed by atoms with Gasteiger partial charge in [-0.1, -0.05) is 12.1 Å². The third-order valence-corrected chi connectivity index (χ3v) is 4.78. The first-order chi connectivity index (χ1) is 11.5. The van der Waals surface area contributed by atoms with Crippen LogP contribution < -0.4 is 10.4 Å². The summed E-state index contributed by atoms with van der Waals surface area (Å²) in [4.78, 5) is 11.8. The number of carboxylic acids is 1. The summed E-state index contributed by atoms with van der Waals surface area (Å²) in [5, 5.41) is 23.6. The van der Waals surface area contributed by atoms with Gasteiger partial charge in [0.05, 0.1) is 12.7 Å². The van der Waals surface area contributed by atoms with Crippen molar-refractivity contribution in [3.05, 3.63) is 46.8 Å². The molecule has 0 atom stereocenters. The number of aromatic carboxylic acids is 1. The molecule has 1 fully saturated rings. The number of nitrogens with zero attached hydrogens (tertiary/aromatic N) is 2. The highest BCUT2D eigenvalue weighted by Gasteiger charge is 2.41. The predicted molar refractivity (Wildman–Crippen MR) is 86.9 cm³/mol. The van der Waals surface area contributed by atoms with E-state index in [0.29, 0.717) is 24.8 Å². The molecule has 1 saturated carbocycles. The molecule has 0 saturated heterocycles. The highest BCUT2D eigenvalue weighted by Crippen LogP contribution is 2.42. The van der Waals surface area contributed by atoms with Gasteiger partial charge >= 0.3 is 13.1 Å². The summed E-state index contributed by atoms with van der Waals surface area (Å²) in [6.07, 6.45) is 6.57. The first-order valence-corrected chi connectivity index (χ1v) is 8.01. The summed E-state index contributed by atoms with van der Waals surface area (Å²) in [6.45, 7) is 0.310. The molecule has 2 aliphatic rings. The van der Waals surface area contributed by atoms with Crippen molar-refractivity contribution < 1.29 is 19.6 Å². The second kappa shape index (κ2) is 5.36. The van der Waals surface area contributed by atoms with Gasteiger partial charge in [-0.05, 0) is 36.7 Å². The number of hydrogen-bond acceptors (Lipinski definition) is 5. The fourth-order valence-electron chi connectivity index (χ4n) is 3.14. The minimum Gasteiger partial charge on any atom is -0.535 e. The Bertz CT molecular complexity index is 816. The van der Waals surface area contributed by atoms with E-state index in [1.807, 2.05) is 12.3 Å². The molecule has 2 aromatic rings. The highest BCUT2D eigenvalue weighted by atomic mass is 16.5. The zero-order valence-electron chi connectivity index (χ0n) is 13.1. The van der Waals surface area contributed by atoms with Gasteiger partial charge in [-0.15, -0.1) is 0 Å². The SMILES string of the molecule is NC1(c2cnn(Cc3ccc4c(c3C(=O)O)OB(O)CC4)c2)CC1. The number of carbonyl (C=O) groups is 1. The summed E-state index contributed by atoms with van der Waals surface area (Å²) < 4.78 is 7.09. The number of hydrogen-bond donors (Lipinski definition) is 3. The maximum atomic E-state index is 11.8. The molecule has 0 spiro atoms. The fourth-order valence-corrected chi connectivity index (χ4v) is 3.14. The minimum atomic E-state index is -1.07. The van der Waals surface area contributed by atoms with Crippen LogP contribution in [0.4, 0.5) is 0 Å². The molecule has 4 N–H and O–H groups in total. The smallest absolute Gasteiger partial charge is 0.522 e. The Morgan fingerprint density at radius 1 is 1.46 bits per heavy atom. The predicted octanol–water partition coefficient (Wildman–Crippen LogP) is 0.993. The van der Waals surface area contributed by atoms with Crippen LogP contribution in [0.1, 0.15) is 39.9 Å². The van der Waals surface area contributed by atoms with Crippen molar-refractivity contribution >= 4 is 13.1 Å². The molecule has 1 aliphatic carbocycles. The number of fused-ring (bicyclic) bond motifs is 1. The number of aromatic nitrogens is 2. The Labute approximate surface area is 139 Å². The highest BCUT2D eigenvalue weighted by molar-refractivity contribution is 6.44. The van der Waals surface area contributed by atoms with E-state index in [1.165, 1.54) is 0 Å². The van der Waals surface area contributed by atoms with E-state index >= 15 is 0 Å². The summed E-state index contributed by atoms with van der Waals surface area (Å²) in [5.41, 5.74) is 8.36. The molecule has 1 aliphatic heterocycles. The van der Waals surface area contributed by atoms with Crippen LogP contribution in [0.5, 0.6) is 5.75 Å². The van der Waals surface area contributed by atoms with Crippen molar-refractivity contribution in [2.24, 2.45) is 5.73 Å². The molecular formula is C16H18BN3O4. The van der Waals surface area contributed by atoms with Crippen molar-refractivity contribution in [3.8, 4) is 5.75 Å². The third-order valence-electron chi connectivity index (χ3n) is 4.78. The number of benzene rings is 1. The number of nitrogens with two attached hydrogens (primary N) is 1. The molecule has 124 valence electrons. The van der Waals surface area contributed by atoms with Crippen molar-refractivity contribution in [2.45, 2.75) is 37.7 Å². The Morgan fingerprint density at radius 2 is 2.25 bits per heavy atom. The minimum absolute atomic E-state index is 0.0946. The first-order valence-electron chi connectivity index (χ1n) is 8.01. The van der Waals surface area contributed by atoms with Gasteiger partial charge in [0.2, 0.25) is 0 Å². The summed E-state index contributed by atoms with van der Waals surface area (Å²) in [7, 11) is -0.964. The monoisotopic (exact) mass is 327 g/mol. The van der Waals surface area contributed by atoms with Gasteiger partial charge in [-0.2, -0.15) is 5.10 Å². The Morgan fingerprint density at radius 3 is 2.96 bits per heavy atom. The van der Waals surface area contributed by atoms with Gasteiger partial charge in [0.25, 0.3) is 0 Å². The molecule has 0 unspecified atom stereocenters. The van der Waals surface area contributed by atoms with Crippen LogP contribution in [0.3, 0.4) is 0 Å². The van der Waals surface area contributed by atoms with Gasteiger partial charge in [-0.3, -0.25) is 4.68 Å². The lowest BCUT2D eigenvalue weighted by molar-refractivity contribution is 0.0693. The van der Waals surface area contributed by atoms with Crippen LogP contribution in [0.2, 0.25) is 6.32 Å². The Hall–Kier alpha value is -2.32. The average Bonchev–Trinajstić information content (AvgIpc) is 3.11. The largest absolute Gasteiger partial charge is 0.535 e. The van der Waals surface area contributed by atoms with E-state index < -0.39 is 13.1 Å². The summed E-state index contributed by atoms with van der Waals surface area (Å²) >= 11 is 0. The van der Waals surface area contributed by atoms with Gasteiger partial charge in [-0.25, -0.2) is 4.79 Å². The topological polar surface area (TPSA) is 111 Å². The Balaban J connectivity index is 1.69. The zero-order valence-corrected chi connectivity index (χ0v) is 13.1. The average molecular weight is 327 g/mol. The maximum Gasteiger partial charge on any atom is 0.522 e. The van der Waals surface area contributed by atoms with E-state index in [1.54, 1.807) is 16.9 Å². The lowest BCUT2D eigenvalue weighted by Gasteiger charge is -2.23.